The predicted molar refractivity (Wildman–Crippen MR) is 107 cm³/mol. The van der Waals surface area contributed by atoms with Crippen LogP contribution in [0, 0.1) is 0 Å². The molecule has 0 bridgehead atoms. The van der Waals surface area contributed by atoms with Gasteiger partial charge in [0.05, 0.1) is 17.3 Å². The van der Waals surface area contributed by atoms with Gasteiger partial charge in [0.2, 0.25) is 0 Å². The second kappa shape index (κ2) is 5.99. The number of methoxy groups -OCH3 is 1. The van der Waals surface area contributed by atoms with Crippen LogP contribution >= 0.6 is 11.3 Å². The molecule has 0 atom stereocenters. The molecule has 4 aromatic rings. The molecule has 6 nitrogen and oxygen atoms in total. The number of H-pyrrole nitrogens is 1. The maximum Gasteiger partial charge on any atom is 0.254 e. The number of ether oxygens (including phenoxy) is 1. The molecule has 0 saturated heterocycles. The number of carbonyl (C=O) groups is 1. The molecule has 1 aliphatic rings. The molecular formula is C20H18N4O2S. The summed E-state index contributed by atoms with van der Waals surface area (Å²) in [5.41, 5.74) is 10.6. The number of thiazole rings is 1. The molecule has 7 heteroatoms. The first-order chi connectivity index (χ1) is 13.1. The molecule has 3 N–H and O–H groups in total. The minimum Gasteiger partial charge on any atom is -0.497 e. The summed E-state index contributed by atoms with van der Waals surface area (Å²) in [7, 11) is 1.66. The van der Waals surface area contributed by atoms with Crippen molar-refractivity contribution < 1.29 is 9.53 Å². The zero-order chi connectivity index (χ0) is 18.5. The number of nitrogen functional groups attached to an aromatic ring is 1. The predicted octanol–water partition coefficient (Wildman–Crippen LogP) is 3.57. The van der Waals surface area contributed by atoms with Gasteiger partial charge in [-0.1, -0.05) is 11.3 Å². The standard InChI is InChI=1S/C20H18N4O2S/c1-26-12-3-4-15-13(9-12)14-10-24(7-6-16(14)22-15)19(25)11-2-5-18-17(8-11)23-20(21)27-18/h2-5,8-9,22H,6-7,10H2,1H3,(H2,21,23). The molecule has 5 rings (SSSR count). The van der Waals surface area contributed by atoms with Gasteiger partial charge in [-0.2, -0.15) is 0 Å². The highest BCUT2D eigenvalue weighted by atomic mass is 32.1. The van der Waals surface area contributed by atoms with Crippen LogP contribution in [0.1, 0.15) is 21.6 Å². The van der Waals surface area contributed by atoms with Crippen molar-refractivity contribution in [2.24, 2.45) is 0 Å². The van der Waals surface area contributed by atoms with Gasteiger partial charge >= 0.3 is 0 Å². The van der Waals surface area contributed by atoms with Crippen LogP contribution in [0.15, 0.2) is 36.4 Å². The maximum absolute atomic E-state index is 13.1. The molecule has 0 unspecified atom stereocenters. The number of anilines is 1. The third-order valence-electron chi connectivity index (χ3n) is 5.12. The maximum atomic E-state index is 13.1. The number of rotatable bonds is 2. The monoisotopic (exact) mass is 378 g/mol. The second-order valence-corrected chi connectivity index (χ2v) is 7.77. The number of hydrogen-bond donors (Lipinski definition) is 2. The summed E-state index contributed by atoms with van der Waals surface area (Å²) in [5.74, 6) is 0.839. The lowest BCUT2D eigenvalue weighted by Gasteiger charge is -2.27. The van der Waals surface area contributed by atoms with Gasteiger partial charge in [-0.25, -0.2) is 4.98 Å². The number of hydrogen-bond acceptors (Lipinski definition) is 5. The molecule has 1 amide bonds. The molecule has 2 aromatic carbocycles. The lowest BCUT2D eigenvalue weighted by molar-refractivity contribution is 0.0735. The molecule has 1 aliphatic heterocycles. The van der Waals surface area contributed by atoms with Gasteiger partial charge in [-0.15, -0.1) is 0 Å². The van der Waals surface area contributed by atoms with Crippen LogP contribution in [0.3, 0.4) is 0 Å². The fourth-order valence-corrected chi connectivity index (χ4v) is 4.47. The Morgan fingerprint density at radius 2 is 2.19 bits per heavy atom. The van der Waals surface area contributed by atoms with Gasteiger partial charge in [0, 0.05) is 47.2 Å². The minimum absolute atomic E-state index is 0.0198. The molecular weight excluding hydrogens is 360 g/mol. The highest BCUT2D eigenvalue weighted by molar-refractivity contribution is 7.22. The zero-order valence-corrected chi connectivity index (χ0v) is 15.6. The summed E-state index contributed by atoms with van der Waals surface area (Å²) >= 11 is 1.43. The second-order valence-electron chi connectivity index (χ2n) is 6.70. The largest absolute Gasteiger partial charge is 0.497 e. The van der Waals surface area contributed by atoms with Gasteiger partial charge in [-0.3, -0.25) is 4.79 Å². The molecule has 136 valence electrons. The van der Waals surface area contributed by atoms with Crippen LogP contribution in [-0.2, 0) is 13.0 Å². The van der Waals surface area contributed by atoms with Crippen LogP contribution in [0.25, 0.3) is 21.1 Å². The Bertz CT molecular complexity index is 1190. The Morgan fingerprint density at radius 1 is 1.30 bits per heavy atom. The van der Waals surface area contributed by atoms with E-state index < -0.39 is 0 Å². The minimum atomic E-state index is 0.0198. The normalized spacial score (nSPS) is 13.9. The summed E-state index contributed by atoms with van der Waals surface area (Å²) in [6.45, 7) is 1.27. The van der Waals surface area contributed by atoms with Crippen molar-refractivity contribution in [3.8, 4) is 5.75 Å². The lowest BCUT2D eigenvalue weighted by atomic mass is 10.0. The number of nitrogens with two attached hydrogens (primary N) is 1. The number of nitrogens with zero attached hydrogens (tertiary/aromatic N) is 2. The van der Waals surface area contributed by atoms with Crippen LogP contribution < -0.4 is 10.5 Å². The highest BCUT2D eigenvalue weighted by Gasteiger charge is 2.25. The van der Waals surface area contributed by atoms with E-state index in [1.54, 1.807) is 7.11 Å². The molecule has 0 aliphatic carbocycles. The van der Waals surface area contributed by atoms with Crippen LogP contribution in [0.4, 0.5) is 5.13 Å². The van der Waals surface area contributed by atoms with E-state index in [0.717, 1.165) is 33.3 Å². The lowest BCUT2D eigenvalue weighted by Crippen LogP contribution is -2.35. The number of carbonyl (C=O) groups excluding carboxylic acids is 1. The average Bonchev–Trinajstić information content (AvgIpc) is 3.24. The average molecular weight is 378 g/mol. The first-order valence-electron chi connectivity index (χ1n) is 8.75. The number of amides is 1. The van der Waals surface area contributed by atoms with Crippen LogP contribution in [-0.4, -0.2) is 34.4 Å². The summed E-state index contributed by atoms with van der Waals surface area (Å²) in [4.78, 5) is 22.7. The van der Waals surface area contributed by atoms with Crippen LogP contribution in [0.2, 0.25) is 0 Å². The van der Waals surface area contributed by atoms with E-state index in [1.807, 2.05) is 41.3 Å². The summed E-state index contributed by atoms with van der Waals surface area (Å²) < 4.78 is 6.35. The van der Waals surface area contributed by atoms with E-state index in [1.165, 1.54) is 22.6 Å². The first-order valence-corrected chi connectivity index (χ1v) is 9.57. The molecule has 0 radical (unpaired) electrons. The Balaban J connectivity index is 1.49. The van der Waals surface area contributed by atoms with Crippen molar-refractivity contribution in [2.75, 3.05) is 19.4 Å². The Labute approximate surface area is 159 Å². The van der Waals surface area contributed by atoms with Crippen molar-refractivity contribution in [3.63, 3.8) is 0 Å². The van der Waals surface area contributed by atoms with Crippen molar-refractivity contribution in [3.05, 3.63) is 53.2 Å². The van der Waals surface area contributed by atoms with Crippen molar-refractivity contribution >= 4 is 43.5 Å². The van der Waals surface area contributed by atoms with E-state index >= 15 is 0 Å². The van der Waals surface area contributed by atoms with Crippen molar-refractivity contribution in [1.29, 1.82) is 0 Å². The van der Waals surface area contributed by atoms with Gasteiger partial charge < -0.3 is 20.4 Å². The first kappa shape index (κ1) is 16.1. The number of benzene rings is 2. The van der Waals surface area contributed by atoms with Crippen LogP contribution in [0.5, 0.6) is 5.75 Å². The SMILES string of the molecule is COc1ccc2[nH]c3c(c2c1)CN(C(=O)c1ccc2sc(N)nc2c1)CC3. The highest BCUT2D eigenvalue weighted by Crippen LogP contribution is 2.31. The molecule has 27 heavy (non-hydrogen) atoms. The molecule has 0 fully saturated rings. The Morgan fingerprint density at radius 3 is 3.04 bits per heavy atom. The van der Waals surface area contributed by atoms with Gasteiger partial charge in [-0.05, 0) is 36.4 Å². The van der Waals surface area contributed by atoms with Crippen molar-refractivity contribution in [2.45, 2.75) is 13.0 Å². The van der Waals surface area contributed by atoms with E-state index in [4.69, 9.17) is 10.5 Å². The van der Waals surface area contributed by atoms with E-state index in [2.05, 4.69) is 9.97 Å². The Kier molecular flexibility index (Phi) is 3.58. The topological polar surface area (TPSA) is 84.2 Å². The van der Waals surface area contributed by atoms with E-state index in [-0.39, 0.29) is 5.91 Å². The smallest absolute Gasteiger partial charge is 0.254 e. The molecule has 0 spiro atoms. The summed E-state index contributed by atoms with van der Waals surface area (Å²) in [5, 5.41) is 1.63. The van der Waals surface area contributed by atoms with Gasteiger partial charge in [0.15, 0.2) is 5.13 Å². The molecule has 0 saturated carbocycles. The third kappa shape index (κ3) is 2.62. The van der Waals surface area contributed by atoms with E-state index in [9.17, 15) is 4.79 Å². The third-order valence-corrected chi connectivity index (χ3v) is 5.99. The number of fused-ring (bicyclic) bond motifs is 4. The zero-order valence-electron chi connectivity index (χ0n) is 14.8. The number of aromatic nitrogens is 2. The number of aromatic amines is 1. The summed E-state index contributed by atoms with van der Waals surface area (Å²) in [6, 6.07) is 11.6. The van der Waals surface area contributed by atoms with Gasteiger partial charge in [0.25, 0.3) is 5.91 Å². The summed E-state index contributed by atoms with van der Waals surface area (Å²) in [6.07, 6.45) is 0.809. The Hall–Kier alpha value is -3.06. The van der Waals surface area contributed by atoms with E-state index in [0.29, 0.717) is 23.8 Å². The quantitative estimate of drug-likeness (QED) is 0.558. The molecule has 3 heterocycles. The fourth-order valence-electron chi connectivity index (χ4n) is 3.75. The molecule has 2 aromatic heterocycles. The number of nitrogens with one attached hydrogen (secondary N) is 1. The fraction of sp³-hybridized carbons (Fsp3) is 0.200. The van der Waals surface area contributed by atoms with Gasteiger partial charge in [0.1, 0.15) is 5.75 Å². The van der Waals surface area contributed by atoms with Crippen molar-refractivity contribution in [1.82, 2.24) is 14.9 Å².